The molecule has 4 rings (SSSR count). The molecule has 1 unspecified atom stereocenters. The first kappa shape index (κ1) is 22.2. The van der Waals surface area contributed by atoms with E-state index in [0.29, 0.717) is 32.7 Å². The van der Waals surface area contributed by atoms with Crippen LogP contribution in [0.3, 0.4) is 0 Å². The Hall–Kier alpha value is -3.02. The summed E-state index contributed by atoms with van der Waals surface area (Å²) in [7, 11) is 0. The number of hydrogen-bond donors (Lipinski definition) is 3. The van der Waals surface area contributed by atoms with Crippen LogP contribution in [0.25, 0.3) is 5.70 Å². The van der Waals surface area contributed by atoms with E-state index in [1.54, 1.807) is 24.3 Å². The lowest BCUT2D eigenvalue weighted by Gasteiger charge is -2.28. The second-order valence-electron chi connectivity index (χ2n) is 7.43. The maximum absolute atomic E-state index is 14.1. The summed E-state index contributed by atoms with van der Waals surface area (Å²) in [6.07, 6.45) is 0.453. The van der Waals surface area contributed by atoms with Gasteiger partial charge < -0.3 is 16.0 Å². The minimum absolute atomic E-state index is 0.335. The fourth-order valence-electron chi connectivity index (χ4n) is 3.59. The third-order valence-electron chi connectivity index (χ3n) is 5.15. The van der Waals surface area contributed by atoms with E-state index in [2.05, 4.69) is 29.5 Å². The molecule has 3 aromatic carbocycles. The average Bonchev–Trinajstić information content (AvgIpc) is 2.78. The van der Waals surface area contributed by atoms with Gasteiger partial charge in [-0.1, -0.05) is 54.9 Å². The first-order valence-corrected chi connectivity index (χ1v) is 11.1. The third kappa shape index (κ3) is 4.59. The Kier molecular flexibility index (Phi) is 6.68. The van der Waals surface area contributed by atoms with Crippen LogP contribution in [0, 0.1) is 5.82 Å². The number of para-hydroxylation sites is 1. The zero-order valence-corrected chi connectivity index (χ0v) is 19.1. The molecule has 0 saturated heterocycles. The van der Waals surface area contributed by atoms with E-state index in [1.807, 2.05) is 24.3 Å². The monoisotopic (exact) mass is 468 g/mol. The Morgan fingerprint density at radius 2 is 1.84 bits per heavy atom. The molecule has 0 spiro atoms. The van der Waals surface area contributed by atoms with Crippen molar-refractivity contribution in [2.75, 3.05) is 17.2 Å². The Bertz CT molecular complexity index is 1170. The first-order chi connectivity index (χ1) is 15.5. The SMILES string of the molecule is C=C(NC1=NC(c2c(Cl)cccc2Cl)Nc2ccccc21)c1cc(F)ccc1NCCC. The molecule has 0 aromatic heterocycles. The number of rotatable bonds is 6. The van der Waals surface area contributed by atoms with E-state index in [1.165, 1.54) is 12.1 Å². The highest BCUT2D eigenvalue weighted by atomic mass is 35.5. The molecule has 1 atom stereocenters. The molecule has 164 valence electrons. The number of nitrogens with zero attached hydrogens (tertiary/aromatic N) is 1. The Morgan fingerprint density at radius 1 is 1.09 bits per heavy atom. The number of hydrogen-bond acceptors (Lipinski definition) is 4. The van der Waals surface area contributed by atoms with Crippen molar-refractivity contribution in [2.24, 2.45) is 4.99 Å². The zero-order chi connectivity index (χ0) is 22.7. The van der Waals surface area contributed by atoms with Gasteiger partial charge in [-0.25, -0.2) is 9.38 Å². The van der Waals surface area contributed by atoms with Crippen molar-refractivity contribution in [3.63, 3.8) is 0 Å². The van der Waals surface area contributed by atoms with Gasteiger partial charge in [0.15, 0.2) is 0 Å². The number of halogens is 3. The van der Waals surface area contributed by atoms with Crippen LogP contribution < -0.4 is 16.0 Å². The molecule has 7 heteroatoms. The maximum Gasteiger partial charge on any atom is 0.150 e. The van der Waals surface area contributed by atoms with Crippen LogP contribution in [0.4, 0.5) is 15.8 Å². The van der Waals surface area contributed by atoms with Crippen LogP contribution in [-0.4, -0.2) is 12.4 Å². The van der Waals surface area contributed by atoms with Gasteiger partial charge in [-0.15, -0.1) is 0 Å². The van der Waals surface area contributed by atoms with Crippen LogP contribution in [-0.2, 0) is 0 Å². The normalized spacial score (nSPS) is 14.8. The largest absolute Gasteiger partial charge is 0.385 e. The number of nitrogens with one attached hydrogen (secondary N) is 3. The van der Waals surface area contributed by atoms with Gasteiger partial charge >= 0.3 is 0 Å². The molecule has 0 bridgehead atoms. The van der Waals surface area contributed by atoms with E-state index in [-0.39, 0.29) is 5.82 Å². The van der Waals surface area contributed by atoms with Crippen molar-refractivity contribution in [1.82, 2.24) is 5.32 Å². The van der Waals surface area contributed by atoms with Gasteiger partial charge in [-0.3, -0.25) is 0 Å². The van der Waals surface area contributed by atoms with E-state index in [4.69, 9.17) is 28.2 Å². The smallest absolute Gasteiger partial charge is 0.150 e. The quantitative estimate of drug-likeness (QED) is 0.361. The highest BCUT2D eigenvalue weighted by Crippen LogP contribution is 2.37. The minimum Gasteiger partial charge on any atom is -0.385 e. The Labute approximate surface area is 197 Å². The number of benzene rings is 3. The van der Waals surface area contributed by atoms with Crippen molar-refractivity contribution in [3.8, 4) is 0 Å². The molecule has 0 radical (unpaired) electrons. The highest BCUT2D eigenvalue weighted by Gasteiger charge is 2.25. The lowest BCUT2D eigenvalue weighted by Crippen LogP contribution is -2.30. The Morgan fingerprint density at radius 3 is 2.59 bits per heavy atom. The molecule has 0 saturated carbocycles. The van der Waals surface area contributed by atoms with Crippen molar-refractivity contribution in [2.45, 2.75) is 19.5 Å². The number of amidine groups is 1. The second-order valence-corrected chi connectivity index (χ2v) is 8.24. The van der Waals surface area contributed by atoms with Gasteiger partial charge in [0.2, 0.25) is 0 Å². The summed E-state index contributed by atoms with van der Waals surface area (Å²) in [6.45, 7) is 7.01. The van der Waals surface area contributed by atoms with Crippen molar-refractivity contribution >= 4 is 46.1 Å². The van der Waals surface area contributed by atoms with Crippen LogP contribution >= 0.6 is 23.2 Å². The second kappa shape index (κ2) is 9.63. The van der Waals surface area contributed by atoms with Gasteiger partial charge in [0.25, 0.3) is 0 Å². The van der Waals surface area contributed by atoms with E-state index in [9.17, 15) is 4.39 Å². The predicted octanol–water partition coefficient (Wildman–Crippen LogP) is 7.09. The van der Waals surface area contributed by atoms with Gasteiger partial charge in [-0.2, -0.15) is 0 Å². The number of aliphatic imine (C=N–C) groups is 1. The molecule has 32 heavy (non-hydrogen) atoms. The molecular weight excluding hydrogens is 446 g/mol. The summed E-state index contributed by atoms with van der Waals surface area (Å²) in [4.78, 5) is 4.85. The van der Waals surface area contributed by atoms with Crippen LogP contribution in [0.15, 0.2) is 72.2 Å². The first-order valence-electron chi connectivity index (χ1n) is 10.3. The minimum atomic E-state index is -0.494. The fourth-order valence-corrected chi connectivity index (χ4v) is 4.20. The molecule has 0 fully saturated rings. The lowest BCUT2D eigenvalue weighted by molar-refractivity contribution is 0.627. The highest BCUT2D eigenvalue weighted by molar-refractivity contribution is 6.36. The van der Waals surface area contributed by atoms with Crippen LogP contribution in [0.2, 0.25) is 10.0 Å². The van der Waals surface area contributed by atoms with Crippen molar-refractivity contribution in [3.05, 3.63) is 99.8 Å². The van der Waals surface area contributed by atoms with Crippen molar-refractivity contribution < 1.29 is 4.39 Å². The average molecular weight is 469 g/mol. The lowest BCUT2D eigenvalue weighted by atomic mass is 10.0. The summed E-state index contributed by atoms with van der Waals surface area (Å²) in [5, 5.41) is 11.0. The topological polar surface area (TPSA) is 48.5 Å². The maximum atomic E-state index is 14.1. The predicted molar refractivity (Wildman–Crippen MR) is 133 cm³/mol. The van der Waals surface area contributed by atoms with Crippen LogP contribution in [0.1, 0.15) is 36.2 Å². The molecule has 4 nitrogen and oxygen atoms in total. The van der Waals surface area contributed by atoms with Gasteiger partial charge in [0.05, 0.1) is 0 Å². The summed E-state index contributed by atoms with van der Waals surface area (Å²) in [5.41, 5.74) is 4.41. The number of anilines is 2. The van der Waals surface area contributed by atoms with Gasteiger partial charge in [-0.05, 0) is 48.9 Å². The molecular formula is C25H23Cl2FN4. The molecule has 3 aromatic rings. The van der Waals surface area contributed by atoms with E-state index < -0.39 is 6.17 Å². The van der Waals surface area contributed by atoms with Gasteiger partial charge in [0.1, 0.15) is 17.8 Å². The molecule has 1 heterocycles. The molecule has 3 N–H and O–H groups in total. The fraction of sp³-hybridized carbons (Fsp3) is 0.160. The van der Waals surface area contributed by atoms with Crippen molar-refractivity contribution in [1.29, 1.82) is 0 Å². The molecule has 0 amide bonds. The summed E-state index contributed by atoms with van der Waals surface area (Å²) < 4.78 is 14.1. The molecule has 0 aliphatic carbocycles. The zero-order valence-electron chi connectivity index (χ0n) is 17.6. The number of fused-ring (bicyclic) bond motifs is 1. The Balaban J connectivity index is 1.72. The summed E-state index contributed by atoms with van der Waals surface area (Å²) in [6, 6.07) is 17.8. The van der Waals surface area contributed by atoms with Gasteiger partial charge in [0, 0.05) is 50.4 Å². The molecule has 1 aliphatic rings. The van der Waals surface area contributed by atoms with Crippen LogP contribution in [0.5, 0.6) is 0 Å². The summed E-state index contributed by atoms with van der Waals surface area (Å²) in [5.74, 6) is 0.259. The molecule has 1 aliphatic heterocycles. The van der Waals surface area contributed by atoms with E-state index >= 15 is 0 Å². The van der Waals surface area contributed by atoms with E-state index in [0.717, 1.165) is 29.9 Å². The summed E-state index contributed by atoms with van der Waals surface area (Å²) >= 11 is 12.9. The standard InChI is InChI=1S/C25H23Cl2FN4/c1-3-13-29-21-12-11-16(28)14-18(21)15(2)30-24-17-7-4-5-10-22(17)31-25(32-24)23-19(26)8-6-9-20(23)27/h4-12,14,25,29,31H,2-3,13H2,1H3,(H,30,32). The third-order valence-corrected chi connectivity index (χ3v) is 5.81.